The highest BCUT2D eigenvalue weighted by Crippen LogP contribution is 2.35. The van der Waals surface area contributed by atoms with Gasteiger partial charge < -0.3 is 9.88 Å². The van der Waals surface area contributed by atoms with Gasteiger partial charge in [-0.15, -0.1) is 12.4 Å². The zero-order chi connectivity index (χ0) is 15.5. The lowest BCUT2D eigenvalue weighted by Crippen LogP contribution is -2.47. The highest BCUT2D eigenvalue weighted by Gasteiger charge is 2.29. The molecule has 1 saturated carbocycles. The molecule has 23 heavy (non-hydrogen) atoms. The van der Waals surface area contributed by atoms with E-state index in [4.69, 9.17) is 0 Å². The van der Waals surface area contributed by atoms with E-state index in [1.807, 2.05) is 6.20 Å². The monoisotopic (exact) mass is 340 g/mol. The molecule has 0 radical (unpaired) electrons. The van der Waals surface area contributed by atoms with Crippen molar-refractivity contribution in [3.05, 3.63) is 18.2 Å². The fraction of sp³-hybridized carbons (Fsp3) is 0.833. The standard InChI is InChI=1S/C18H32N4.ClH/c1-14-10-15(2)12-16(11-14)4-7-22-9-5-19-13-17(22)18-20-6-8-21(18)3;/h6,8,14-17,19H,4-5,7,9-13H2,1-3H3;1H. The highest BCUT2D eigenvalue weighted by molar-refractivity contribution is 5.85. The van der Waals surface area contributed by atoms with Crippen LogP contribution in [0, 0.1) is 17.8 Å². The van der Waals surface area contributed by atoms with E-state index in [9.17, 15) is 0 Å². The molecule has 1 aromatic rings. The Morgan fingerprint density at radius 1 is 1.22 bits per heavy atom. The van der Waals surface area contributed by atoms with E-state index in [1.165, 1.54) is 38.1 Å². The molecule has 2 aliphatic rings. The van der Waals surface area contributed by atoms with Gasteiger partial charge in [-0.2, -0.15) is 0 Å². The topological polar surface area (TPSA) is 33.1 Å². The van der Waals surface area contributed by atoms with Crippen LogP contribution < -0.4 is 5.32 Å². The normalized spacial score (nSPS) is 32.5. The van der Waals surface area contributed by atoms with Gasteiger partial charge in [-0.05, 0) is 50.0 Å². The molecule has 1 aromatic heterocycles. The van der Waals surface area contributed by atoms with Crippen molar-refractivity contribution in [2.75, 3.05) is 26.2 Å². The maximum absolute atomic E-state index is 4.59. The van der Waals surface area contributed by atoms with Gasteiger partial charge in [0, 0.05) is 39.1 Å². The first-order valence-electron chi connectivity index (χ1n) is 9.05. The van der Waals surface area contributed by atoms with Crippen LogP contribution in [0.15, 0.2) is 12.4 Å². The molecule has 4 nitrogen and oxygen atoms in total. The SMILES string of the molecule is CC1CC(C)CC(CCN2CCNCC2c2nccn2C)C1.Cl. The number of imidazole rings is 1. The molecule has 5 heteroatoms. The summed E-state index contributed by atoms with van der Waals surface area (Å²) in [5, 5.41) is 3.54. The molecule has 2 heterocycles. The Labute approximate surface area is 147 Å². The van der Waals surface area contributed by atoms with Crippen LogP contribution in [-0.2, 0) is 7.05 Å². The van der Waals surface area contributed by atoms with Crippen molar-refractivity contribution in [2.45, 2.75) is 45.6 Å². The first-order chi connectivity index (χ1) is 10.6. The average molecular weight is 341 g/mol. The predicted molar refractivity (Wildman–Crippen MR) is 97.9 cm³/mol. The van der Waals surface area contributed by atoms with Crippen LogP contribution in [-0.4, -0.2) is 40.6 Å². The Bertz CT molecular complexity index is 465. The minimum atomic E-state index is 0. The minimum Gasteiger partial charge on any atom is -0.337 e. The first-order valence-corrected chi connectivity index (χ1v) is 9.05. The summed E-state index contributed by atoms with van der Waals surface area (Å²) >= 11 is 0. The van der Waals surface area contributed by atoms with Crippen molar-refractivity contribution < 1.29 is 0 Å². The van der Waals surface area contributed by atoms with Gasteiger partial charge in [-0.1, -0.05) is 13.8 Å². The number of nitrogens with one attached hydrogen (secondary N) is 1. The van der Waals surface area contributed by atoms with E-state index < -0.39 is 0 Å². The van der Waals surface area contributed by atoms with Crippen molar-refractivity contribution in [1.82, 2.24) is 19.8 Å². The molecule has 3 atom stereocenters. The number of aryl methyl sites for hydroxylation is 1. The minimum absolute atomic E-state index is 0. The molecule has 1 N–H and O–H groups in total. The van der Waals surface area contributed by atoms with Crippen molar-refractivity contribution in [3.63, 3.8) is 0 Å². The third-order valence-corrected chi connectivity index (χ3v) is 5.61. The Morgan fingerprint density at radius 2 is 1.96 bits per heavy atom. The Kier molecular flexibility index (Phi) is 6.93. The molecule has 1 aliphatic heterocycles. The maximum Gasteiger partial charge on any atom is 0.127 e. The van der Waals surface area contributed by atoms with Crippen LogP contribution in [0.25, 0.3) is 0 Å². The van der Waals surface area contributed by atoms with Gasteiger partial charge in [0.05, 0.1) is 6.04 Å². The number of hydrogen-bond donors (Lipinski definition) is 1. The van der Waals surface area contributed by atoms with Gasteiger partial charge in [0.25, 0.3) is 0 Å². The van der Waals surface area contributed by atoms with Gasteiger partial charge in [0.1, 0.15) is 5.82 Å². The van der Waals surface area contributed by atoms with Gasteiger partial charge in [0.2, 0.25) is 0 Å². The molecule has 0 bridgehead atoms. The summed E-state index contributed by atoms with van der Waals surface area (Å²) in [6.07, 6.45) is 9.64. The number of halogens is 1. The Morgan fingerprint density at radius 3 is 2.61 bits per heavy atom. The van der Waals surface area contributed by atoms with Crippen LogP contribution in [0.4, 0.5) is 0 Å². The van der Waals surface area contributed by atoms with Crippen LogP contribution in [0.3, 0.4) is 0 Å². The van der Waals surface area contributed by atoms with Gasteiger partial charge >= 0.3 is 0 Å². The smallest absolute Gasteiger partial charge is 0.127 e. The van der Waals surface area contributed by atoms with E-state index in [0.29, 0.717) is 6.04 Å². The molecule has 0 spiro atoms. The molecule has 1 aliphatic carbocycles. The maximum atomic E-state index is 4.59. The van der Waals surface area contributed by atoms with E-state index in [-0.39, 0.29) is 12.4 Å². The number of nitrogens with zero attached hydrogens (tertiary/aromatic N) is 3. The van der Waals surface area contributed by atoms with Crippen LogP contribution in [0.2, 0.25) is 0 Å². The van der Waals surface area contributed by atoms with E-state index in [0.717, 1.165) is 37.4 Å². The summed E-state index contributed by atoms with van der Waals surface area (Å²) < 4.78 is 2.18. The number of aromatic nitrogens is 2. The average Bonchev–Trinajstić information content (AvgIpc) is 2.90. The van der Waals surface area contributed by atoms with Crippen molar-refractivity contribution in [2.24, 2.45) is 24.8 Å². The largest absolute Gasteiger partial charge is 0.337 e. The summed E-state index contributed by atoms with van der Waals surface area (Å²) in [6, 6.07) is 0.437. The highest BCUT2D eigenvalue weighted by atomic mass is 35.5. The third-order valence-electron chi connectivity index (χ3n) is 5.61. The van der Waals surface area contributed by atoms with Crippen LogP contribution in [0.1, 0.15) is 51.4 Å². The summed E-state index contributed by atoms with van der Waals surface area (Å²) in [4.78, 5) is 7.25. The molecule has 0 aromatic carbocycles. The van der Waals surface area contributed by atoms with Gasteiger partial charge in [-0.25, -0.2) is 4.98 Å². The second kappa shape index (κ2) is 8.50. The molecule has 1 saturated heterocycles. The molecule has 3 rings (SSSR count). The summed E-state index contributed by atoms with van der Waals surface area (Å²) in [7, 11) is 2.11. The summed E-state index contributed by atoms with van der Waals surface area (Å²) in [5.41, 5.74) is 0. The fourth-order valence-electron chi connectivity index (χ4n) is 4.66. The molecular weight excluding hydrogens is 308 g/mol. The van der Waals surface area contributed by atoms with E-state index in [2.05, 4.69) is 46.9 Å². The second-order valence-electron chi connectivity index (χ2n) is 7.72. The van der Waals surface area contributed by atoms with Gasteiger partial charge in [0.15, 0.2) is 0 Å². The lowest BCUT2D eigenvalue weighted by molar-refractivity contribution is 0.125. The zero-order valence-electron chi connectivity index (χ0n) is 14.9. The molecular formula is C18H33ClN4. The first kappa shape index (κ1) is 18.8. The molecule has 3 unspecified atom stereocenters. The van der Waals surface area contributed by atoms with Crippen molar-refractivity contribution in [3.8, 4) is 0 Å². The summed E-state index contributed by atoms with van der Waals surface area (Å²) in [5.74, 6) is 3.97. The summed E-state index contributed by atoms with van der Waals surface area (Å²) in [6.45, 7) is 9.38. The van der Waals surface area contributed by atoms with Crippen molar-refractivity contribution >= 4 is 12.4 Å². The number of rotatable bonds is 4. The van der Waals surface area contributed by atoms with E-state index >= 15 is 0 Å². The quantitative estimate of drug-likeness (QED) is 0.913. The third kappa shape index (κ3) is 4.71. The fourth-order valence-corrected chi connectivity index (χ4v) is 4.66. The van der Waals surface area contributed by atoms with Crippen LogP contribution >= 0.6 is 12.4 Å². The number of piperazine rings is 1. The lowest BCUT2D eigenvalue weighted by Gasteiger charge is -2.38. The van der Waals surface area contributed by atoms with Crippen molar-refractivity contribution in [1.29, 1.82) is 0 Å². The van der Waals surface area contributed by atoms with Gasteiger partial charge in [-0.3, -0.25) is 4.90 Å². The Balaban J connectivity index is 0.00000192. The second-order valence-corrected chi connectivity index (χ2v) is 7.72. The Hall–Kier alpha value is -0.580. The van der Waals surface area contributed by atoms with E-state index in [1.54, 1.807) is 0 Å². The number of hydrogen-bond acceptors (Lipinski definition) is 3. The predicted octanol–water partition coefficient (Wildman–Crippen LogP) is 3.25. The van der Waals surface area contributed by atoms with Crippen LogP contribution in [0.5, 0.6) is 0 Å². The molecule has 2 fully saturated rings. The zero-order valence-corrected chi connectivity index (χ0v) is 15.7. The molecule has 0 amide bonds. The lowest BCUT2D eigenvalue weighted by atomic mass is 9.75. The molecule has 132 valence electrons.